The molecule has 8 heteroatoms. The van der Waals surface area contributed by atoms with Gasteiger partial charge in [0.05, 0.1) is 16.9 Å². The van der Waals surface area contributed by atoms with Gasteiger partial charge in [-0.2, -0.15) is 5.10 Å². The molecule has 3 N–H and O–H groups in total. The van der Waals surface area contributed by atoms with Crippen molar-refractivity contribution in [3.05, 3.63) is 58.9 Å². The van der Waals surface area contributed by atoms with Crippen molar-refractivity contribution in [2.75, 3.05) is 31.1 Å². The maximum atomic E-state index is 6.48. The van der Waals surface area contributed by atoms with Gasteiger partial charge in [0.2, 0.25) is 0 Å². The van der Waals surface area contributed by atoms with Crippen LogP contribution in [0.15, 0.2) is 47.8 Å². The molecule has 2 heterocycles. The molecule has 0 radical (unpaired) electrons. The number of hydrogen-bond donors (Lipinski definition) is 2. The zero-order valence-corrected chi connectivity index (χ0v) is 15.9. The van der Waals surface area contributed by atoms with Crippen LogP contribution in [0, 0.1) is 0 Å². The molecule has 0 unspecified atom stereocenters. The van der Waals surface area contributed by atoms with Crippen LogP contribution in [-0.4, -0.2) is 47.4 Å². The number of anilines is 1. The summed E-state index contributed by atoms with van der Waals surface area (Å²) in [6.07, 6.45) is 5.32. The number of thiocarbonyl (C=S) groups is 1. The molecular weight excluding hydrogens is 368 g/mol. The van der Waals surface area contributed by atoms with Crippen molar-refractivity contribution >= 4 is 40.8 Å². The Bertz CT molecular complexity index is 775. The summed E-state index contributed by atoms with van der Waals surface area (Å²) >= 11 is 11.2. The minimum Gasteiger partial charge on any atom is -0.375 e. The molecule has 0 atom stereocenters. The number of pyridine rings is 1. The summed E-state index contributed by atoms with van der Waals surface area (Å²) in [5, 5.41) is 4.80. The molecule has 0 saturated carbocycles. The summed E-state index contributed by atoms with van der Waals surface area (Å²) in [6.45, 7) is 4.84. The van der Waals surface area contributed by atoms with Crippen molar-refractivity contribution in [2.24, 2.45) is 10.8 Å². The summed E-state index contributed by atoms with van der Waals surface area (Å²) in [5.74, 6) is 0. The minimum absolute atomic E-state index is 0.133. The van der Waals surface area contributed by atoms with Crippen LogP contribution in [0.1, 0.15) is 11.1 Å². The average molecular weight is 389 g/mol. The van der Waals surface area contributed by atoms with E-state index in [4.69, 9.17) is 29.6 Å². The van der Waals surface area contributed by atoms with Crippen molar-refractivity contribution in [1.29, 1.82) is 0 Å². The minimum atomic E-state index is 0.133. The van der Waals surface area contributed by atoms with Crippen LogP contribution in [0.2, 0.25) is 5.02 Å². The Morgan fingerprint density at radius 2 is 1.96 bits per heavy atom. The Hall–Kier alpha value is -2.22. The third kappa shape index (κ3) is 5.14. The fourth-order valence-corrected chi connectivity index (χ4v) is 3.28. The third-order valence-corrected chi connectivity index (χ3v) is 4.62. The van der Waals surface area contributed by atoms with E-state index in [1.54, 1.807) is 6.21 Å². The first kappa shape index (κ1) is 18.6. The lowest BCUT2D eigenvalue weighted by molar-refractivity contribution is 0.250. The van der Waals surface area contributed by atoms with E-state index in [2.05, 4.69) is 37.4 Å². The number of nitrogens with one attached hydrogen (secondary N) is 1. The molecule has 6 nitrogen and oxygen atoms in total. The van der Waals surface area contributed by atoms with Gasteiger partial charge in [-0.3, -0.25) is 15.3 Å². The molecule has 0 bridgehead atoms. The number of halogens is 1. The number of hydrazone groups is 1. The largest absolute Gasteiger partial charge is 0.375 e. The zero-order chi connectivity index (χ0) is 18.4. The quantitative estimate of drug-likeness (QED) is 0.465. The maximum absolute atomic E-state index is 6.48. The molecule has 3 rings (SSSR count). The van der Waals surface area contributed by atoms with Crippen LogP contribution < -0.4 is 16.1 Å². The van der Waals surface area contributed by atoms with Gasteiger partial charge < -0.3 is 10.6 Å². The van der Waals surface area contributed by atoms with E-state index in [0.29, 0.717) is 5.02 Å². The number of nitrogens with zero attached hydrogens (tertiary/aromatic N) is 4. The van der Waals surface area contributed by atoms with Crippen molar-refractivity contribution < 1.29 is 0 Å². The second-order valence-corrected chi connectivity index (χ2v) is 6.91. The van der Waals surface area contributed by atoms with Crippen LogP contribution in [0.5, 0.6) is 0 Å². The van der Waals surface area contributed by atoms with Gasteiger partial charge in [-0.15, -0.1) is 0 Å². The van der Waals surface area contributed by atoms with Gasteiger partial charge >= 0.3 is 0 Å². The van der Waals surface area contributed by atoms with Crippen LogP contribution in [0.3, 0.4) is 0 Å². The molecule has 2 aromatic rings. The molecule has 1 saturated heterocycles. The van der Waals surface area contributed by atoms with Gasteiger partial charge in [0.15, 0.2) is 5.11 Å². The van der Waals surface area contributed by atoms with Gasteiger partial charge in [0, 0.05) is 45.1 Å². The lowest BCUT2D eigenvalue weighted by atomic mass is 10.1. The summed E-state index contributed by atoms with van der Waals surface area (Å²) in [5.41, 5.74) is 11.1. The molecule has 1 fully saturated rings. The van der Waals surface area contributed by atoms with E-state index in [1.165, 1.54) is 5.56 Å². The molecule has 0 spiro atoms. The highest BCUT2D eigenvalue weighted by molar-refractivity contribution is 7.80. The van der Waals surface area contributed by atoms with Gasteiger partial charge in [-0.25, -0.2) is 0 Å². The highest BCUT2D eigenvalue weighted by Gasteiger charge is 2.19. The fraction of sp³-hybridized carbons (Fsp3) is 0.278. The van der Waals surface area contributed by atoms with E-state index < -0.39 is 0 Å². The monoisotopic (exact) mass is 388 g/mol. The number of nitrogens with two attached hydrogens (primary N) is 1. The number of hydrogen-bond acceptors (Lipinski definition) is 5. The topological polar surface area (TPSA) is 69.8 Å². The Kier molecular flexibility index (Phi) is 6.38. The Morgan fingerprint density at radius 3 is 2.62 bits per heavy atom. The molecule has 136 valence electrons. The molecular formula is C18H21ClN6S. The van der Waals surface area contributed by atoms with E-state index in [0.717, 1.165) is 44.0 Å². The lowest BCUT2D eigenvalue weighted by Crippen LogP contribution is -2.46. The first-order chi connectivity index (χ1) is 12.6. The normalized spacial score (nSPS) is 15.3. The van der Waals surface area contributed by atoms with Crippen molar-refractivity contribution in [2.45, 2.75) is 6.54 Å². The van der Waals surface area contributed by atoms with Crippen molar-refractivity contribution in [3.63, 3.8) is 0 Å². The molecule has 0 aliphatic carbocycles. The van der Waals surface area contributed by atoms with Gasteiger partial charge in [-0.1, -0.05) is 17.7 Å². The summed E-state index contributed by atoms with van der Waals surface area (Å²) in [7, 11) is 0. The summed E-state index contributed by atoms with van der Waals surface area (Å²) in [4.78, 5) is 8.83. The maximum Gasteiger partial charge on any atom is 0.184 e. The Morgan fingerprint density at radius 1 is 1.23 bits per heavy atom. The Labute approximate surface area is 163 Å². The molecule has 1 aromatic carbocycles. The highest BCUT2D eigenvalue weighted by Crippen LogP contribution is 2.27. The summed E-state index contributed by atoms with van der Waals surface area (Å²) in [6, 6.07) is 10.0. The molecule has 1 aliphatic heterocycles. The SMILES string of the molecule is NC(=S)NN=Cc1ccc(N2CCN(Cc3ccncc3)CC2)c(Cl)c1. The number of piperazine rings is 1. The second-order valence-electron chi connectivity index (χ2n) is 6.06. The van der Waals surface area contributed by atoms with E-state index in [1.807, 2.05) is 30.6 Å². The number of benzene rings is 1. The van der Waals surface area contributed by atoms with Crippen LogP contribution >= 0.6 is 23.8 Å². The van der Waals surface area contributed by atoms with Crippen LogP contribution in [0.4, 0.5) is 5.69 Å². The molecule has 1 aliphatic rings. The van der Waals surface area contributed by atoms with Gasteiger partial charge in [0.25, 0.3) is 0 Å². The second kappa shape index (κ2) is 8.93. The predicted molar refractivity (Wildman–Crippen MR) is 111 cm³/mol. The van der Waals surface area contributed by atoms with Crippen molar-refractivity contribution in [3.8, 4) is 0 Å². The standard InChI is InChI=1S/C18H21ClN6S/c19-16-11-15(12-22-23-18(20)26)1-2-17(16)25-9-7-24(8-10-25)13-14-3-5-21-6-4-14/h1-6,11-12H,7-10,13H2,(H3,20,23,26). The van der Waals surface area contributed by atoms with E-state index in [-0.39, 0.29) is 5.11 Å². The molecule has 26 heavy (non-hydrogen) atoms. The van der Waals surface area contributed by atoms with E-state index in [9.17, 15) is 0 Å². The predicted octanol–water partition coefficient (Wildman–Crippen LogP) is 2.22. The van der Waals surface area contributed by atoms with Crippen molar-refractivity contribution in [1.82, 2.24) is 15.3 Å². The first-order valence-electron chi connectivity index (χ1n) is 8.36. The molecule has 1 aromatic heterocycles. The zero-order valence-electron chi connectivity index (χ0n) is 14.3. The van der Waals surface area contributed by atoms with Gasteiger partial charge in [-0.05, 0) is 47.6 Å². The fourth-order valence-electron chi connectivity index (χ4n) is 2.92. The highest BCUT2D eigenvalue weighted by atomic mass is 35.5. The van der Waals surface area contributed by atoms with Crippen LogP contribution in [-0.2, 0) is 6.54 Å². The smallest absolute Gasteiger partial charge is 0.184 e. The van der Waals surface area contributed by atoms with Gasteiger partial charge in [0.1, 0.15) is 0 Å². The van der Waals surface area contributed by atoms with E-state index >= 15 is 0 Å². The average Bonchev–Trinajstić information content (AvgIpc) is 2.63. The Balaban J connectivity index is 1.57. The van der Waals surface area contributed by atoms with Crippen LogP contribution in [0.25, 0.3) is 0 Å². The number of aromatic nitrogens is 1. The summed E-state index contributed by atoms with van der Waals surface area (Å²) < 4.78 is 0. The molecule has 0 amide bonds. The number of rotatable bonds is 5. The third-order valence-electron chi connectivity index (χ3n) is 4.23. The lowest BCUT2D eigenvalue weighted by Gasteiger charge is -2.36. The first-order valence-corrected chi connectivity index (χ1v) is 9.15.